The number of hydrogen-bond acceptors (Lipinski definition) is 5. The minimum Gasteiger partial charge on any atom is -0.290 e. The fraction of sp³-hybridized carbons (Fsp3) is 0.889. The molecule has 1 aliphatic carbocycles. The molecule has 2 rings (SSSR count). The van der Waals surface area contributed by atoms with Gasteiger partial charge in [-0.05, 0) is 25.7 Å². The van der Waals surface area contributed by atoms with E-state index in [2.05, 4.69) is 20.6 Å². The lowest BCUT2D eigenvalue weighted by molar-refractivity contribution is -0.463. The van der Waals surface area contributed by atoms with Gasteiger partial charge >= 0.3 is 12.3 Å². The van der Waals surface area contributed by atoms with Crippen LogP contribution in [0, 0.1) is 5.92 Å². The Morgan fingerprint density at radius 2 is 1.88 bits per heavy atom. The third-order valence-corrected chi connectivity index (χ3v) is 3.27. The van der Waals surface area contributed by atoms with Crippen LogP contribution in [0.2, 0.25) is 0 Å². The van der Waals surface area contributed by atoms with Crippen LogP contribution < -0.4 is 10.9 Å². The molecule has 0 aromatic rings. The Morgan fingerprint density at radius 3 is 2.29 bits per heavy atom. The highest BCUT2D eigenvalue weighted by Gasteiger charge is 2.43. The van der Waals surface area contributed by atoms with Crippen molar-refractivity contribution in [1.29, 1.82) is 0 Å². The van der Waals surface area contributed by atoms with E-state index in [4.69, 9.17) is 0 Å². The summed E-state index contributed by atoms with van der Waals surface area (Å²) in [6.45, 7) is 0.827. The fourth-order valence-corrected chi connectivity index (χ4v) is 2.20. The smallest absolute Gasteiger partial charge is 0.290 e. The zero-order valence-corrected chi connectivity index (χ0v) is 8.97. The molecular formula is C9H13F3N2O3. The number of nitrogens with one attached hydrogen (secondary N) is 2. The number of alkyl halides is 3. The van der Waals surface area contributed by atoms with E-state index in [0.29, 0.717) is 12.8 Å². The Kier molecular flexibility index (Phi) is 3.28. The van der Waals surface area contributed by atoms with Gasteiger partial charge in [0.05, 0.1) is 5.92 Å². The fourth-order valence-electron chi connectivity index (χ4n) is 2.20. The van der Waals surface area contributed by atoms with Gasteiger partial charge in [0.15, 0.2) is 0 Å². The van der Waals surface area contributed by atoms with Gasteiger partial charge in [-0.3, -0.25) is 15.7 Å². The maximum atomic E-state index is 11.7. The molecule has 8 heteroatoms. The highest BCUT2D eigenvalue weighted by Crippen LogP contribution is 2.34. The van der Waals surface area contributed by atoms with E-state index in [0.717, 1.165) is 19.4 Å². The zero-order valence-electron chi connectivity index (χ0n) is 8.97. The molecule has 0 aromatic carbocycles. The molecule has 17 heavy (non-hydrogen) atoms. The average molecular weight is 254 g/mol. The van der Waals surface area contributed by atoms with E-state index in [9.17, 15) is 18.0 Å². The van der Waals surface area contributed by atoms with E-state index in [1.54, 1.807) is 0 Å². The first-order valence-electron chi connectivity index (χ1n) is 5.37. The first-order chi connectivity index (χ1) is 7.90. The summed E-state index contributed by atoms with van der Waals surface area (Å²) in [5.74, 6) is -1.45. The Labute approximate surface area is 95.5 Å². The molecule has 2 fully saturated rings. The van der Waals surface area contributed by atoms with Gasteiger partial charge in [-0.15, -0.1) is 13.2 Å². The number of hydrazine groups is 1. The van der Waals surface area contributed by atoms with Crippen molar-refractivity contribution in [2.24, 2.45) is 5.92 Å². The summed E-state index contributed by atoms with van der Waals surface area (Å²) in [6.07, 6.45) is -2.44. The summed E-state index contributed by atoms with van der Waals surface area (Å²) in [5.41, 5.74) is 6.00. The van der Waals surface area contributed by atoms with E-state index >= 15 is 0 Å². The number of carbonyl (C=O) groups excluding carboxylic acids is 1. The predicted molar refractivity (Wildman–Crippen MR) is 49.1 cm³/mol. The standard InChI is InChI=1S/C9H13F3N2O3/c10-9(11,12)17-16-7(15)6-1-3-8(4-2-6)5-13-14-8/h6,13-14H,1-5H2. The van der Waals surface area contributed by atoms with Crippen molar-refractivity contribution in [3.8, 4) is 0 Å². The third-order valence-electron chi connectivity index (χ3n) is 3.27. The predicted octanol–water partition coefficient (Wildman–Crippen LogP) is 1.02. The molecule has 0 bridgehead atoms. The summed E-state index contributed by atoms with van der Waals surface area (Å²) in [7, 11) is 0. The highest BCUT2D eigenvalue weighted by molar-refractivity contribution is 5.71. The third kappa shape index (κ3) is 3.08. The molecule has 1 heterocycles. The van der Waals surface area contributed by atoms with Crippen LogP contribution in [-0.4, -0.2) is 24.4 Å². The summed E-state index contributed by atoms with van der Waals surface area (Å²) in [4.78, 5) is 18.1. The number of rotatable bonds is 2. The van der Waals surface area contributed by atoms with Crippen molar-refractivity contribution in [3.63, 3.8) is 0 Å². The average Bonchev–Trinajstić information content (AvgIpc) is 2.23. The summed E-state index contributed by atoms with van der Waals surface area (Å²) in [6, 6.07) is 0. The molecule has 1 spiro atoms. The molecule has 2 aliphatic rings. The first-order valence-corrected chi connectivity index (χ1v) is 5.37. The van der Waals surface area contributed by atoms with Crippen molar-refractivity contribution < 1.29 is 27.7 Å². The van der Waals surface area contributed by atoms with E-state index in [-0.39, 0.29) is 5.54 Å². The second kappa shape index (κ2) is 4.43. The molecule has 0 unspecified atom stereocenters. The topological polar surface area (TPSA) is 59.6 Å². The first kappa shape index (κ1) is 12.6. The quantitative estimate of drug-likeness (QED) is 0.569. The molecule has 2 N–H and O–H groups in total. The van der Waals surface area contributed by atoms with E-state index in [1.165, 1.54) is 0 Å². The van der Waals surface area contributed by atoms with Crippen LogP contribution in [0.3, 0.4) is 0 Å². The van der Waals surface area contributed by atoms with Crippen molar-refractivity contribution in [2.45, 2.75) is 37.6 Å². The van der Waals surface area contributed by atoms with Gasteiger partial charge in [-0.1, -0.05) is 4.89 Å². The lowest BCUT2D eigenvalue weighted by Gasteiger charge is -2.47. The maximum Gasteiger partial charge on any atom is 0.558 e. The summed E-state index contributed by atoms with van der Waals surface area (Å²) in [5, 5.41) is 0. The second-order valence-corrected chi connectivity index (χ2v) is 4.46. The van der Waals surface area contributed by atoms with E-state index in [1.807, 2.05) is 0 Å². The van der Waals surface area contributed by atoms with Crippen LogP contribution in [0.15, 0.2) is 0 Å². The van der Waals surface area contributed by atoms with Crippen LogP contribution in [0.5, 0.6) is 0 Å². The van der Waals surface area contributed by atoms with Gasteiger partial charge in [0.25, 0.3) is 0 Å². The van der Waals surface area contributed by atoms with Crippen molar-refractivity contribution in [3.05, 3.63) is 0 Å². The normalized spacial score (nSPS) is 33.2. The highest BCUT2D eigenvalue weighted by atomic mass is 19.4. The molecule has 0 aromatic heterocycles. The van der Waals surface area contributed by atoms with Gasteiger partial charge in [0.1, 0.15) is 0 Å². The van der Waals surface area contributed by atoms with Crippen LogP contribution in [0.1, 0.15) is 25.7 Å². The van der Waals surface area contributed by atoms with Crippen LogP contribution >= 0.6 is 0 Å². The minimum absolute atomic E-state index is 0.0155. The Bertz CT molecular complexity index is 294. The Hall–Kier alpha value is -0.860. The summed E-state index contributed by atoms with van der Waals surface area (Å²) < 4.78 is 35.0. The van der Waals surface area contributed by atoms with Crippen molar-refractivity contribution in [1.82, 2.24) is 10.9 Å². The molecule has 0 radical (unpaired) electrons. The molecule has 1 aliphatic heterocycles. The van der Waals surface area contributed by atoms with Gasteiger partial charge in [0, 0.05) is 12.1 Å². The van der Waals surface area contributed by atoms with Gasteiger partial charge in [-0.25, -0.2) is 4.79 Å². The molecule has 1 saturated carbocycles. The monoisotopic (exact) mass is 254 g/mol. The molecule has 0 atom stereocenters. The Morgan fingerprint density at radius 1 is 1.29 bits per heavy atom. The van der Waals surface area contributed by atoms with Crippen molar-refractivity contribution >= 4 is 5.97 Å². The minimum atomic E-state index is -4.94. The van der Waals surface area contributed by atoms with E-state index < -0.39 is 18.2 Å². The van der Waals surface area contributed by atoms with Gasteiger partial charge in [0.2, 0.25) is 0 Å². The van der Waals surface area contributed by atoms with Crippen LogP contribution in [0.4, 0.5) is 13.2 Å². The van der Waals surface area contributed by atoms with Crippen LogP contribution in [0.25, 0.3) is 0 Å². The maximum absolute atomic E-state index is 11.7. The molecule has 1 saturated heterocycles. The van der Waals surface area contributed by atoms with Gasteiger partial charge in [-0.2, -0.15) is 0 Å². The number of halogens is 3. The lowest BCUT2D eigenvalue weighted by Crippen LogP contribution is -2.70. The largest absolute Gasteiger partial charge is 0.558 e. The van der Waals surface area contributed by atoms with Gasteiger partial charge < -0.3 is 0 Å². The summed E-state index contributed by atoms with van der Waals surface area (Å²) >= 11 is 0. The second-order valence-electron chi connectivity index (χ2n) is 4.46. The Balaban J connectivity index is 1.74. The SMILES string of the molecule is O=C(OOC(F)(F)F)C1CCC2(CC1)CNN2. The number of carbonyl (C=O) groups is 1. The number of hydrogen-bond donors (Lipinski definition) is 2. The van der Waals surface area contributed by atoms with Crippen LogP contribution in [-0.2, 0) is 14.6 Å². The molecule has 5 nitrogen and oxygen atoms in total. The molecule has 0 amide bonds. The molecular weight excluding hydrogens is 241 g/mol. The molecule has 98 valence electrons. The lowest BCUT2D eigenvalue weighted by atomic mass is 9.75. The zero-order chi connectivity index (χ0) is 12.5. The van der Waals surface area contributed by atoms with Crippen molar-refractivity contribution in [2.75, 3.05) is 6.54 Å².